The molecular formula is C22H18ClN5O. The maximum absolute atomic E-state index is 13.4. The van der Waals surface area contributed by atoms with E-state index in [2.05, 4.69) is 0 Å². The first-order chi connectivity index (χ1) is 14.1. The molecule has 7 heteroatoms. The van der Waals surface area contributed by atoms with E-state index in [1.165, 1.54) is 0 Å². The van der Waals surface area contributed by atoms with E-state index in [9.17, 15) is 4.79 Å². The monoisotopic (exact) mass is 403 g/mol. The van der Waals surface area contributed by atoms with Crippen molar-refractivity contribution < 1.29 is 0 Å². The minimum absolute atomic E-state index is 0.0864. The Morgan fingerprint density at radius 3 is 2.31 bits per heavy atom. The minimum Gasteiger partial charge on any atom is -0.296 e. The van der Waals surface area contributed by atoms with Crippen LogP contribution in [0.25, 0.3) is 38.9 Å². The SMILES string of the molecule is CCCn1c(C)nc2c(c1=O)c1nc3ccccc3nc1n2-c1ccc(Cl)cc1. The van der Waals surface area contributed by atoms with Crippen molar-refractivity contribution in [3.63, 3.8) is 0 Å². The largest absolute Gasteiger partial charge is 0.296 e. The Hall–Kier alpha value is -3.25. The quantitative estimate of drug-likeness (QED) is 0.439. The molecule has 0 saturated heterocycles. The Bertz CT molecular complexity index is 1450. The first kappa shape index (κ1) is 17.8. The zero-order valence-electron chi connectivity index (χ0n) is 16.1. The van der Waals surface area contributed by atoms with Crippen LogP contribution in [0.15, 0.2) is 53.3 Å². The lowest BCUT2D eigenvalue weighted by Gasteiger charge is -2.10. The van der Waals surface area contributed by atoms with Gasteiger partial charge in [-0.1, -0.05) is 30.7 Å². The van der Waals surface area contributed by atoms with Crippen LogP contribution in [0.2, 0.25) is 5.02 Å². The molecule has 0 amide bonds. The van der Waals surface area contributed by atoms with Crippen molar-refractivity contribution in [2.24, 2.45) is 0 Å². The highest BCUT2D eigenvalue weighted by molar-refractivity contribution is 6.30. The summed E-state index contributed by atoms with van der Waals surface area (Å²) < 4.78 is 3.61. The predicted molar refractivity (Wildman–Crippen MR) is 116 cm³/mol. The second-order valence-corrected chi connectivity index (χ2v) is 7.45. The second-order valence-electron chi connectivity index (χ2n) is 7.01. The Morgan fingerprint density at radius 2 is 1.62 bits per heavy atom. The normalized spacial score (nSPS) is 11.7. The fourth-order valence-corrected chi connectivity index (χ4v) is 3.88. The molecule has 3 heterocycles. The highest BCUT2D eigenvalue weighted by atomic mass is 35.5. The number of rotatable bonds is 3. The van der Waals surface area contributed by atoms with Gasteiger partial charge in [0.05, 0.1) is 11.0 Å². The zero-order valence-corrected chi connectivity index (χ0v) is 16.8. The van der Waals surface area contributed by atoms with Crippen LogP contribution in [-0.4, -0.2) is 24.1 Å². The molecule has 3 aromatic heterocycles. The molecule has 2 aromatic carbocycles. The molecule has 144 valence electrons. The number of para-hydroxylation sites is 2. The fraction of sp³-hybridized carbons (Fsp3) is 0.182. The van der Waals surface area contributed by atoms with E-state index in [-0.39, 0.29) is 5.56 Å². The number of benzene rings is 2. The van der Waals surface area contributed by atoms with Gasteiger partial charge in [-0.25, -0.2) is 15.0 Å². The summed E-state index contributed by atoms with van der Waals surface area (Å²) in [5.41, 5.74) is 4.00. The molecule has 0 aliphatic heterocycles. The molecule has 0 unspecified atom stereocenters. The van der Waals surface area contributed by atoms with Gasteiger partial charge in [0.15, 0.2) is 11.3 Å². The van der Waals surface area contributed by atoms with Crippen molar-refractivity contribution in [1.82, 2.24) is 24.1 Å². The molecule has 0 radical (unpaired) electrons. The standard InChI is InChI=1S/C22H18ClN5O/c1-3-12-27-13(2)24-20-18(22(27)29)19-21(26-17-7-5-4-6-16(17)25-19)28(20)15-10-8-14(23)9-11-15/h4-11H,3,12H2,1-2H3. The summed E-state index contributed by atoms with van der Waals surface area (Å²) in [7, 11) is 0. The summed E-state index contributed by atoms with van der Waals surface area (Å²) in [6.45, 7) is 4.51. The molecule has 0 bridgehead atoms. The summed E-state index contributed by atoms with van der Waals surface area (Å²) in [6.07, 6.45) is 0.846. The summed E-state index contributed by atoms with van der Waals surface area (Å²) in [4.78, 5) is 27.8. The van der Waals surface area contributed by atoms with Gasteiger partial charge in [-0.3, -0.25) is 13.9 Å². The third kappa shape index (κ3) is 2.71. The van der Waals surface area contributed by atoms with Crippen LogP contribution in [0.5, 0.6) is 0 Å². The van der Waals surface area contributed by atoms with E-state index in [1.54, 1.807) is 4.57 Å². The van der Waals surface area contributed by atoms with E-state index in [1.807, 2.05) is 66.9 Å². The molecule has 5 aromatic rings. The van der Waals surface area contributed by atoms with Gasteiger partial charge in [-0.2, -0.15) is 0 Å². The van der Waals surface area contributed by atoms with E-state index >= 15 is 0 Å². The van der Waals surface area contributed by atoms with Crippen LogP contribution in [0, 0.1) is 6.92 Å². The van der Waals surface area contributed by atoms with Gasteiger partial charge in [0.1, 0.15) is 16.7 Å². The van der Waals surface area contributed by atoms with Crippen LogP contribution in [-0.2, 0) is 6.54 Å². The fourth-order valence-electron chi connectivity index (χ4n) is 3.75. The smallest absolute Gasteiger partial charge is 0.265 e. The van der Waals surface area contributed by atoms with E-state index in [0.717, 1.165) is 23.1 Å². The van der Waals surface area contributed by atoms with Gasteiger partial charge in [-0.15, -0.1) is 0 Å². The van der Waals surface area contributed by atoms with Crippen molar-refractivity contribution in [3.05, 3.63) is 69.7 Å². The molecule has 0 N–H and O–H groups in total. The lowest BCUT2D eigenvalue weighted by molar-refractivity contribution is 0.624. The van der Waals surface area contributed by atoms with Gasteiger partial charge < -0.3 is 0 Å². The van der Waals surface area contributed by atoms with Gasteiger partial charge in [-0.05, 0) is 49.7 Å². The first-order valence-corrected chi connectivity index (χ1v) is 9.90. The van der Waals surface area contributed by atoms with Crippen molar-refractivity contribution >= 4 is 44.8 Å². The van der Waals surface area contributed by atoms with E-state index < -0.39 is 0 Å². The molecule has 5 rings (SSSR count). The molecule has 29 heavy (non-hydrogen) atoms. The third-order valence-electron chi connectivity index (χ3n) is 5.09. The summed E-state index contributed by atoms with van der Waals surface area (Å²) in [6, 6.07) is 15.1. The minimum atomic E-state index is -0.0864. The number of aromatic nitrogens is 5. The average molecular weight is 404 g/mol. The molecule has 6 nitrogen and oxygen atoms in total. The third-order valence-corrected chi connectivity index (χ3v) is 5.34. The number of fused-ring (bicyclic) bond motifs is 4. The molecule has 0 aliphatic carbocycles. The topological polar surface area (TPSA) is 65.6 Å². The highest BCUT2D eigenvalue weighted by Gasteiger charge is 2.21. The summed E-state index contributed by atoms with van der Waals surface area (Å²) in [5, 5.41) is 1.13. The van der Waals surface area contributed by atoms with Crippen molar-refractivity contribution in [1.29, 1.82) is 0 Å². The van der Waals surface area contributed by atoms with Gasteiger partial charge in [0.25, 0.3) is 5.56 Å². The van der Waals surface area contributed by atoms with Crippen LogP contribution in [0.4, 0.5) is 0 Å². The second kappa shape index (κ2) is 6.67. The zero-order chi connectivity index (χ0) is 20.1. The number of nitrogens with zero attached hydrogens (tertiary/aromatic N) is 5. The maximum atomic E-state index is 13.4. The van der Waals surface area contributed by atoms with E-state index in [4.69, 9.17) is 26.6 Å². The van der Waals surface area contributed by atoms with Crippen molar-refractivity contribution in [2.45, 2.75) is 26.8 Å². The molecule has 0 saturated carbocycles. The summed E-state index contributed by atoms with van der Waals surface area (Å²) >= 11 is 6.09. The van der Waals surface area contributed by atoms with Crippen molar-refractivity contribution in [3.8, 4) is 5.69 Å². The number of halogens is 1. The lowest BCUT2D eigenvalue weighted by atomic mass is 10.3. The Morgan fingerprint density at radius 1 is 0.931 bits per heavy atom. The van der Waals surface area contributed by atoms with E-state index in [0.29, 0.717) is 39.6 Å². The number of hydrogen-bond donors (Lipinski definition) is 0. The maximum Gasteiger partial charge on any atom is 0.265 e. The molecule has 0 fully saturated rings. The molecular weight excluding hydrogens is 386 g/mol. The van der Waals surface area contributed by atoms with Crippen LogP contribution < -0.4 is 5.56 Å². The summed E-state index contributed by atoms with van der Waals surface area (Å²) in [5.74, 6) is 0.673. The van der Waals surface area contributed by atoms with Gasteiger partial charge >= 0.3 is 0 Å². The van der Waals surface area contributed by atoms with Crippen LogP contribution in [0.1, 0.15) is 19.2 Å². The van der Waals surface area contributed by atoms with Gasteiger partial charge in [0.2, 0.25) is 0 Å². The Kier molecular flexibility index (Phi) is 4.10. The van der Waals surface area contributed by atoms with Crippen LogP contribution in [0.3, 0.4) is 0 Å². The highest BCUT2D eigenvalue weighted by Crippen LogP contribution is 2.29. The number of aryl methyl sites for hydroxylation is 1. The first-order valence-electron chi connectivity index (χ1n) is 9.52. The van der Waals surface area contributed by atoms with Crippen LogP contribution >= 0.6 is 11.6 Å². The van der Waals surface area contributed by atoms with Gasteiger partial charge in [0, 0.05) is 17.3 Å². The molecule has 0 atom stereocenters. The Balaban J connectivity index is 2.01. The van der Waals surface area contributed by atoms with Crippen molar-refractivity contribution in [2.75, 3.05) is 0 Å². The predicted octanol–water partition coefficient (Wildman–Crippen LogP) is 4.66. The molecule has 0 aliphatic rings. The Labute approximate surface area is 171 Å². The number of hydrogen-bond acceptors (Lipinski definition) is 4. The lowest BCUT2D eigenvalue weighted by Crippen LogP contribution is -2.24. The molecule has 0 spiro atoms. The average Bonchev–Trinajstić information content (AvgIpc) is 3.03.